The lowest BCUT2D eigenvalue weighted by Crippen LogP contribution is -2.27. The first-order valence-corrected chi connectivity index (χ1v) is 15.3. The minimum absolute atomic E-state index is 0.0759. The molecule has 0 atom stereocenters. The first kappa shape index (κ1) is 27.9. The third-order valence-corrected chi connectivity index (χ3v) is 9.73. The number of benzene rings is 1. The van der Waals surface area contributed by atoms with E-state index in [1.165, 1.54) is 64.2 Å². The van der Waals surface area contributed by atoms with Gasteiger partial charge < -0.3 is 9.47 Å². The number of hydrogen-bond donors (Lipinski definition) is 0. The zero-order valence-electron chi connectivity index (χ0n) is 22.9. The van der Waals surface area contributed by atoms with Gasteiger partial charge in [-0.1, -0.05) is 51.5 Å². The number of ether oxygens (including phenoxy) is 2. The van der Waals surface area contributed by atoms with E-state index in [2.05, 4.69) is 6.92 Å². The molecule has 3 aliphatic rings. The van der Waals surface area contributed by atoms with Crippen LogP contribution >= 0.6 is 0 Å². The second-order valence-corrected chi connectivity index (χ2v) is 12.1. The lowest BCUT2D eigenvalue weighted by molar-refractivity contribution is 0.0325. The summed E-state index contributed by atoms with van der Waals surface area (Å²) in [5.41, 5.74) is 0.510. The topological polar surface area (TPSA) is 18.5 Å². The molecule has 0 heterocycles. The average molecular weight is 505 g/mol. The lowest BCUT2D eigenvalue weighted by atomic mass is 9.69. The van der Waals surface area contributed by atoms with Crippen molar-refractivity contribution in [3.8, 4) is 5.75 Å². The Bertz CT molecular complexity index is 773. The Labute approximate surface area is 218 Å². The molecule has 36 heavy (non-hydrogen) atoms. The van der Waals surface area contributed by atoms with Crippen molar-refractivity contribution in [1.82, 2.24) is 0 Å². The highest BCUT2D eigenvalue weighted by Crippen LogP contribution is 2.43. The second kappa shape index (κ2) is 14.1. The van der Waals surface area contributed by atoms with Crippen LogP contribution in [-0.4, -0.2) is 19.3 Å². The van der Waals surface area contributed by atoms with E-state index in [9.17, 15) is 8.78 Å². The maximum Gasteiger partial charge on any atom is 0.200 e. The maximum absolute atomic E-state index is 14.9. The van der Waals surface area contributed by atoms with E-state index in [0.29, 0.717) is 24.7 Å². The fourth-order valence-electron chi connectivity index (χ4n) is 7.41. The molecular weight excluding hydrogens is 454 g/mol. The Morgan fingerprint density at radius 2 is 1.36 bits per heavy atom. The molecule has 0 radical (unpaired) electrons. The summed E-state index contributed by atoms with van der Waals surface area (Å²) in [7, 11) is 0. The predicted molar refractivity (Wildman–Crippen MR) is 144 cm³/mol. The highest BCUT2D eigenvalue weighted by Gasteiger charge is 2.31. The van der Waals surface area contributed by atoms with Crippen LogP contribution in [0.1, 0.15) is 128 Å². The number of hydrogen-bond acceptors (Lipinski definition) is 2. The SMILES string of the molecule is CCCCCC1CCC(C2CCC(COc3ccc(C4CCC(OCC)CC4)c(F)c3F)CC2)CC1. The molecule has 0 bridgehead atoms. The van der Waals surface area contributed by atoms with Crippen molar-refractivity contribution in [3.63, 3.8) is 0 Å². The fraction of sp³-hybridized carbons (Fsp3) is 0.812. The standard InChI is InChI=1S/C32H50F2O2/c1-3-5-6-7-23-8-12-25(13-9-23)26-14-10-24(11-15-26)22-36-30-21-20-29(31(33)32(30)34)27-16-18-28(19-17-27)35-4-2/h20-21,23-28H,3-19,22H2,1-2H3. The molecule has 4 heteroatoms. The Kier molecular flexibility index (Phi) is 10.9. The Balaban J connectivity index is 1.18. The third kappa shape index (κ3) is 7.45. The lowest BCUT2D eigenvalue weighted by Gasteiger charge is -2.38. The minimum Gasteiger partial charge on any atom is -0.490 e. The summed E-state index contributed by atoms with van der Waals surface area (Å²) in [6.07, 6.45) is 20.0. The van der Waals surface area contributed by atoms with Crippen LogP contribution in [0.4, 0.5) is 8.78 Å². The van der Waals surface area contributed by atoms with E-state index in [1.807, 2.05) is 6.92 Å². The zero-order valence-corrected chi connectivity index (χ0v) is 22.9. The Morgan fingerprint density at radius 3 is 1.97 bits per heavy atom. The summed E-state index contributed by atoms with van der Waals surface area (Å²) in [5.74, 6) is 1.87. The molecule has 0 aromatic heterocycles. The number of unbranched alkanes of at least 4 members (excludes halogenated alkanes) is 2. The second-order valence-electron chi connectivity index (χ2n) is 12.1. The molecular formula is C32H50F2O2. The quantitative estimate of drug-likeness (QED) is 0.279. The molecule has 0 spiro atoms. The minimum atomic E-state index is -0.802. The van der Waals surface area contributed by atoms with Gasteiger partial charge in [0.15, 0.2) is 11.6 Å². The molecule has 0 N–H and O–H groups in total. The van der Waals surface area contributed by atoms with Crippen LogP contribution < -0.4 is 4.74 Å². The van der Waals surface area contributed by atoms with Crippen LogP contribution in [0, 0.1) is 35.3 Å². The molecule has 3 saturated carbocycles. The number of rotatable bonds is 11. The fourth-order valence-corrected chi connectivity index (χ4v) is 7.41. The first-order valence-electron chi connectivity index (χ1n) is 15.3. The van der Waals surface area contributed by atoms with Crippen LogP contribution in [0.3, 0.4) is 0 Å². The van der Waals surface area contributed by atoms with Gasteiger partial charge in [0.05, 0.1) is 12.7 Å². The van der Waals surface area contributed by atoms with Crippen LogP contribution in [0.25, 0.3) is 0 Å². The van der Waals surface area contributed by atoms with Crippen molar-refractivity contribution in [1.29, 1.82) is 0 Å². The van der Waals surface area contributed by atoms with Crippen LogP contribution in [0.15, 0.2) is 12.1 Å². The van der Waals surface area contributed by atoms with E-state index < -0.39 is 11.6 Å². The molecule has 204 valence electrons. The van der Waals surface area contributed by atoms with Crippen LogP contribution in [0.5, 0.6) is 5.75 Å². The van der Waals surface area contributed by atoms with Gasteiger partial charge in [0.25, 0.3) is 0 Å². The highest BCUT2D eigenvalue weighted by atomic mass is 19.2. The maximum atomic E-state index is 14.9. The molecule has 0 unspecified atom stereocenters. The normalized spacial score (nSPS) is 31.3. The summed E-state index contributed by atoms with van der Waals surface area (Å²) in [5, 5.41) is 0. The Hall–Kier alpha value is -1.16. The summed E-state index contributed by atoms with van der Waals surface area (Å²) in [6, 6.07) is 3.42. The van der Waals surface area contributed by atoms with Gasteiger partial charge in [-0.15, -0.1) is 0 Å². The van der Waals surface area contributed by atoms with Gasteiger partial charge in [-0.2, -0.15) is 4.39 Å². The number of halogens is 2. The summed E-state index contributed by atoms with van der Waals surface area (Å²) in [6.45, 7) is 5.52. The Morgan fingerprint density at radius 1 is 0.722 bits per heavy atom. The largest absolute Gasteiger partial charge is 0.490 e. The van der Waals surface area contributed by atoms with E-state index >= 15 is 0 Å². The van der Waals surface area contributed by atoms with E-state index in [0.717, 1.165) is 56.3 Å². The molecule has 3 aliphatic carbocycles. The van der Waals surface area contributed by atoms with Gasteiger partial charge in [0, 0.05) is 6.61 Å². The molecule has 0 saturated heterocycles. The zero-order chi connectivity index (χ0) is 25.3. The highest BCUT2D eigenvalue weighted by molar-refractivity contribution is 5.33. The van der Waals surface area contributed by atoms with Crippen molar-refractivity contribution >= 4 is 0 Å². The van der Waals surface area contributed by atoms with Crippen molar-refractivity contribution in [2.24, 2.45) is 23.7 Å². The molecule has 0 aliphatic heterocycles. The van der Waals surface area contributed by atoms with Crippen molar-refractivity contribution in [2.75, 3.05) is 13.2 Å². The third-order valence-electron chi connectivity index (χ3n) is 9.73. The summed E-state index contributed by atoms with van der Waals surface area (Å²) >= 11 is 0. The van der Waals surface area contributed by atoms with Gasteiger partial charge in [0.1, 0.15) is 0 Å². The monoisotopic (exact) mass is 504 g/mol. The van der Waals surface area contributed by atoms with Crippen LogP contribution in [0.2, 0.25) is 0 Å². The van der Waals surface area contributed by atoms with Crippen molar-refractivity contribution < 1.29 is 18.3 Å². The average Bonchev–Trinajstić information content (AvgIpc) is 2.91. The summed E-state index contributed by atoms with van der Waals surface area (Å²) in [4.78, 5) is 0. The molecule has 1 aromatic rings. The van der Waals surface area contributed by atoms with Crippen molar-refractivity contribution in [2.45, 2.75) is 129 Å². The van der Waals surface area contributed by atoms with Crippen molar-refractivity contribution in [3.05, 3.63) is 29.3 Å². The first-order chi connectivity index (χ1) is 17.6. The van der Waals surface area contributed by atoms with Gasteiger partial charge >= 0.3 is 0 Å². The van der Waals surface area contributed by atoms with Gasteiger partial charge in [-0.3, -0.25) is 0 Å². The van der Waals surface area contributed by atoms with Gasteiger partial charge in [0.2, 0.25) is 5.82 Å². The smallest absolute Gasteiger partial charge is 0.200 e. The summed E-state index contributed by atoms with van der Waals surface area (Å²) < 4.78 is 41.4. The van der Waals surface area contributed by atoms with Crippen LogP contribution in [-0.2, 0) is 4.74 Å². The molecule has 3 fully saturated rings. The van der Waals surface area contributed by atoms with Gasteiger partial charge in [-0.25, -0.2) is 4.39 Å². The van der Waals surface area contributed by atoms with E-state index in [1.54, 1.807) is 12.1 Å². The van der Waals surface area contributed by atoms with E-state index in [-0.39, 0.29) is 17.8 Å². The molecule has 1 aromatic carbocycles. The molecule has 0 amide bonds. The molecule has 2 nitrogen and oxygen atoms in total. The molecule has 4 rings (SSSR count). The predicted octanol–water partition coefficient (Wildman–Crippen LogP) is 9.60. The van der Waals surface area contributed by atoms with E-state index in [4.69, 9.17) is 9.47 Å². The van der Waals surface area contributed by atoms with Gasteiger partial charge in [-0.05, 0) is 112 Å².